The molecule has 0 spiro atoms. The number of carbonyl (C=O) groups excluding carboxylic acids is 2. The van der Waals surface area contributed by atoms with Crippen molar-refractivity contribution < 1.29 is 19.1 Å². The molecule has 8 nitrogen and oxygen atoms in total. The Bertz CT molecular complexity index is 1430. The van der Waals surface area contributed by atoms with Crippen molar-refractivity contribution in [1.29, 1.82) is 0 Å². The predicted octanol–water partition coefficient (Wildman–Crippen LogP) is 5.56. The van der Waals surface area contributed by atoms with Crippen LogP contribution in [-0.2, 0) is 16.1 Å². The van der Waals surface area contributed by atoms with Gasteiger partial charge in [0.05, 0.1) is 5.39 Å². The lowest BCUT2D eigenvalue weighted by atomic mass is 10.1. The Balaban J connectivity index is 1.44. The predicted molar refractivity (Wildman–Crippen MR) is 142 cm³/mol. The van der Waals surface area contributed by atoms with Crippen LogP contribution < -0.4 is 15.6 Å². The van der Waals surface area contributed by atoms with Crippen molar-refractivity contribution >= 4 is 28.3 Å². The van der Waals surface area contributed by atoms with Crippen LogP contribution in [0.1, 0.15) is 43.6 Å². The number of benzene rings is 3. The lowest BCUT2D eigenvalue weighted by molar-refractivity contribution is -0.123. The normalized spacial score (nSPS) is 11.6. The van der Waals surface area contributed by atoms with Crippen molar-refractivity contribution in [3.63, 3.8) is 0 Å². The number of unbranched alkanes of at least 4 members (excludes halogenated alkanes) is 2. The van der Waals surface area contributed by atoms with Crippen molar-refractivity contribution in [3.05, 3.63) is 94.9 Å². The minimum atomic E-state index is -1.09. The van der Waals surface area contributed by atoms with Crippen LogP contribution in [0.4, 0.5) is 5.69 Å². The molecule has 1 amide bonds. The van der Waals surface area contributed by atoms with Gasteiger partial charge in [-0.15, -0.1) is 0 Å². The van der Waals surface area contributed by atoms with Crippen LogP contribution in [-0.4, -0.2) is 27.8 Å². The highest BCUT2D eigenvalue weighted by Crippen LogP contribution is 2.23. The van der Waals surface area contributed by atoms with E-state index in [0.29, 0.717) is 34.5 Å². The molecule has 190 valence electrons. The first-order valence-corrected chi connectivity index (χ1v) is 12.3. The van der Waals surface area contributed by atoms with E-state index >= 15 is 0 Å². The number of anilines is 1. The monoisotopic (exact) mass is 499 g/mol. The number of nitrogens with one attached hydrogen (secondary N) is 1. The third-order valence-electron chi connectivity index (χ3n) is 5.79. The number of aromatic nitrogens is 2. The van der Waals surface area contributed by atoms with Gasteiger partial charge in [0, 0.05) is 17.6 Å². The number of hydrogen-bond donors (Lipinski definition) is 1. The second-order valence-electron chi connectivity index (χ2n) is 8.61. The minimum Gasteiger partial charge on any atom is -0.457 e. The number of amides is 1. The molecule has 1 N–H and O–H groups in total. The van der Waals surface area contributed by atoms with Gasteiger partial charge < -0.3 is 14.8 Å². The van der Waals surface area contributed by atoms with E-state index in [-0.39, 0.29) is 11.3 Å². The second-order valence-corrected chi connectivity index (χ2v) is 8.61. The van der Waals surface area contributed by atoms with Crippen molar-refractivity contribution in [2.24, 2.45) is 0 Å². The molecule has 0 radical (unpaired) electrons. The molecule has 37 heavy (non-hydrogen) atoms. The molecule has 0 aliphatic rings. The highest BCUT2D eigenvalue weighted by molar-refractivity contribution is 6.03. The van der Waals surface area contributed by atoms with E-state index in [0.717, 1.165) is 19.3 Å². The average Bonchev–Trinajstić information content (AvgIpc) is 2.91. The number of fused-ring (bicyclic) bond motifs is 1. The Kier molecular flexibility index (Phi) is 8.30. The maximum absolute atomic E-state index is 13.0. The smallest absolute Gasteiger partial charge is 0.360 e. The van der Waals surface area contributed by atoms with Crippen LogP contribution in [0.15, 0.2) is 83.7 Å². The SMILES string of the molecule is CCCCCn1nc(C(=O)OC(C)C(=O)Nc2ccc(Oc3ccccc3)cc2)c2ccccc2c1=O. The number of para-hydroxylation sites is 1. The van der Waals surface area contributed by atoms with E-state index in [1.165, 1.54) is 11.6 Å². The summed E-state index contributed by atoms with van der Waals surface area (Å²) >= 11 is 0. The van der Waals surface area contributed by atoms with Gasteiger partial charge in [0.1, 0.15) is 11.5 Å². The maximum atomic E-state index is 13.0. The van der Waals surface area contributed by atoms with E-state index in [1.807, 2.05) is 30.3 Å². The zero-order chi connectivity index (χ0) is 26.2. The summed E-state index contributed by atoms with van der Waals surface area (Å²) in [6.45, 7) is 3.95. The van der Waals surface area contributed by atoms with Gasteiger partial charge in [-0.1, -0.05) is 56.2 Å². The van der Waals surface area contributed by atoms with E-state index in [9.17, 15) is 14.4 Å². The molecule has 4 rings (SSSR count). The highest BCUT2D eigenvalue weighted by Gasteiger charge is 2.23. The number of carbonyl (C=O) groups is 2. The van der Waals surface area contributed by atoms with Gasteiger partial charge in [-0.3, -0.25) is 9.59 Å². The zero-order valence-electron chi connectivity index (χ0n) is 20.8. The third kappa shape index (κ3) is 6.41. The highest BCUT2D eigenvalue weighted by atomic mass is 16.5. The maximum Gasteiger partial charge on any atom is 0.360 e. The van der Waals surface area contributed by atoms with Crippen LogP contribution in [0, 0.1) is 0 Å². The van der Waals surface area contributed by atoms with Crippen molar-refractivity contribution in [2.45, 2.75) is 45.8 Å². The summed E-state index contributed by atoms with van der Waals surface area (Å²) in [6, 6.07) is 23.0. The van der Waals surface area contributed by atoms with Crippen LogP contribution >= 0.6 is 0 Å². The number of aryl methyl sites for hydroxylation is 1. The zero-order valence-corrected chi connectivity index (χ0v) is 20.8. The Morgan fingerprint density at radius 1 is 0.892 bits per heavy atom. The fraction of sp³-hybridized carbons (Fsp3) is 0.241. The van der Waals surface area contributed by atoms with Crippen molar-refractivity contribution in [2.75, 3.05) is 5.32 Å². The van der Waals surface area contributed by atoms with Crippen LogP contribution in [0.5, 0.6) is 11.5 Å². The fourth-order valence-electron chi connectivity index (χ4n) is 3.79. The molecule has 4 aromatic rings. The van der Waals surface area contributed by atoms with Crippen LogP contribution in [0.2, 0.25) is 0 Å². The summed E-state index contributed by atoms with van der Waals surface area (Å²) < 4.78 is 12.5. The van der Waals surface area contributed by atoms with E-state index < -0.39 is 18.0 Å². The lowest BCUT2D eigenvalue weighted by Gasteiger charge is -2.15. The summed E-state index contributed by atoms with van der Waals surface area (Å²) in [7, 11) is 0. The largest absolute Gasteiger partial charge is 0.457 e. The number of hydrogen-bond acceptors (Lipinski definition) is 6. The molecule has 1 heterocycles. The lowest BCUT2D eigenvalue weighted by Crippen LogP contribution is -2.32. The third-order valence-corrected chi connectivity index (χ3v) is 5.79. The first-order chi connectivity index (χ1) is 18.0. The van der Waals surface area contributed by atoms with E-state index in [2.05, 4.69) is 17.3 Å². The van der Waals surface area contributed by atoms with Gasteiger partial charge >= 0.3 is 5.97 Å². The quantitative estimate of drug-likeness (QED) is 0.226. The molecule has 0 fully saturated rings. The fourth-order valence-corrected chi connectivity index (χ4v) is 3.79. The van der Waals surface area contributed by atoms with Gasteiger partial charge in [-0.05, 0) is 55.8 Å². The topological polar surface area (TPSA) is 99.5 Å². The van der Waals surface area contributed by atoms with Gasteiger partial charge in [0.25, 0.3) is 11.5 Å². The van der Waals surface area contributed by atoms with E-state index in [1.54, 1.807) is 48.5 Å². The number of esters is 1. The Labute approximate surface area is 214 Å². The molecule has 1 atom stereocenters. The molecule has 0 saturated carbocycles. The van der Waals surface area contributed by atoms with Gasteiger partial charge in [-0.2, -0.15) is 5.10 Å². The molecule has 0 saturated heterocycles. The van der Waals surface area contributed by atoms with Gasteiger partial charge in [0.15, 0.2) is 11.8 Å². The summed E-state index contributed by atoms with van der Waals surface area (Å²) in [5.41, 5.74) is 0.281. The Morgan fingerprint density at radius 2 is 1.54 bits per heavy atom. The minimum absolute atomic E-state index is 0.00811. The summed E-state index contributed by atoms with van der Waals surface area (Å²) in [6.07, 6.45) is 1.61. The van der Waals surface area contributed by atoms with Gasteiger partial charge in [0.2, 0.25) is 0 Å². The van der Waals surface area contributed by atoms with Crippen molar-refractivity contribution in [1.82, 2.24) is 9.78 Å². The molecular weight excluding hydrogens is 470 g/mol. The summed E-state index contributed by atoms with van der Waals surface area (Å²) in [5.74, 6) is 0.0636. The standard InChI is InChI=1S/C29H29N3O5/c1-3-4-10-19-32-28(34)25-14-9-8-13-24(25)26(31-32)29(35)36-20(2)27(33)30-21-15-17-23(18-16-21)37-22-11-6-5-7-12-22/h5-9,11-18,20H,3-4,10,19H2,1-2H3,(H,30,33). The summed E-state index contributed by atoms with van der Waals surface area (Å²) in [4.78, 5) is 38.6. The molecule has 1 aromatic heterocycles. The van der Waals surface area contributed by atoms with Gasteiger partial charge in [-0.25, -0.2) is 9.48 Å². The molecule has 3 aromatic carbocycles. The number of nitrogens with zero attached hydrogens (tertiary/aromatic N) is 2. The molecule has 1 unspecified atom stereocenters. The molecule has 0 aliphatic carbocycles. The first kappa shape index (κ1) is 25.6. The molecule has 8 heteroatoms. The Morgan fingerprint density at radius 3 is 2.24 bits per heavy atom. The van der Waals surface area contributed by atoms with E-state index in [4.69, 9.17) is 9.47 Å². The van der Waals surface area contributed by atoms with Crippen LogP contribution in [0.25, 0.3) is 10.8 Å². The Hall–Kier alpha value is -4.46. The molecular formula is C29H29N3O5. The first-order valence-electron chi connectivity index (χ1n) is 12.3. The molecule has 0 bridgehead atoms. The number of rotatable bonds is 10. The van der Waals surface area contributed by atoms with Crippen LogP contribution in [0.3, 0.4) is 0 Å². The molecule has 0 aliphatic heterocycles. The second kappa shape index (κ2) is 12.0. The number of ether oxygens (including phenoxy) is 2. The van der Waals surface area contributed by atoms with Crippen molar-refractivity contribution in [3.8, 4) is 11.5 Å². The average molecular weight is 500 g/mol. The summed E-state index contributed by atoms with van der Waals surface area (Å²) in [5, 5.41) is 7.81.